The van der Waals surface area contributed by atoms with Crippen LogP contribution in [-0.2, 0) is 9.53 Å². The maximum Gasteiger partial charge on any atom is 0.407 e. The minimum Gasteiger partial charge on any atom is -0.545 e. The van der Waals surface area contributed by atoms with E-state index in [2.05, 4.69) is 26.0 Å². The number of alkyl carbamates (subject to hydrolysis) is 1. The third-order valence-electron chi connectivity index (χ3n) is 8.50. The van der Waals surface area contributed by atoms with Gasteiger partial charge in [0.15, 0.2) is 0 Å². The van der Waals surface area contributed by atoms with Gasteiger partial charge in [-0.1, -0.05) is 11.2 Å². The smallest absolute Gasteiger partial charge is 0.407 e. The number of anilines is 1. The van der Waals surface area contributed by atoms with Gasteiger partial charge in [-0.15, -0.1) is 0 Å². The first-order valence-corrected chi connectivity index (χ1v) is 17.7. The zero-order valence-electron chi connectivity index (χ0n) is 31.8. The number of benzene rings is 3. The highest BCUT2D eigenvalue weighted by Gasteiger charge is 2.25. The predicted molar refractivity (Wildman–Crippen MR) is 205 cm³/mol. The SMILES string of the molecule is CN(C)c1ccc2c(-c3ccc(C(=O)N[C@H](CCCCNC(=O)OC(C)(C)C)C(=O)NCCCN=[N+]=[N-])cc3C(=O)[O-])c3ccc(=[N+](C)C)cc-3oc2c1. The summed E-state index contributed by atoms with van der Waals surface area (Å²) >= 11 is 0. The van der Waals surface area contributed by atoms with Crippen LogP contribution in [0.15, 0.2) is 64.1 Å². The number of carbonyl (C=O) groups is 4. The van der Waals surface area contributed by atoms with Gasteiger partial charge in [0.25, 0.3) is 5.91 Å². The zero-order chi connectivity index (χ0) is 39.6. The lowest BCUT2D eigenvalue weighted by Gasteiger charge is -2.21. The van der Waals surface area contributed by atoms with Crippen molar-refractivity contribution in [2.24, 2.45) is 5.11 Å². The van der Waals surface area contributed by atoms with Gasteiger partial charge < -0.3 is 39.9 Å². The van der Waals surface area contributed by atoms with Crippen molar-refractivity contribution in [1.82, 2.24) is 20.5 Å². The van der Waals surface area contributed by atoms with Crippen molar-refractivity contribution in [1.29, 1.82) is 0 Å². The van der Waals surface area contributed by atoms with Gasteiger partial charge in [0.05, 0.1) is 12.0 Å². The standard InChI is InChI=1S/C39H48N8O7/c1-39(2,3)54-38(52)42-18-9-8-11-31(36(49)41-19-10-20-43-45-40)44-35(48)24-12-15-27(30(21-24)37(50)51)34-28-16-13-25(46(4)5)22-32(28)53-33-23-26(47(6)7)14-17-29(33)34/h12-17,21-23,31H,8-11,18-20H2,1-7H3,(H3-,41,42,44,48,49,50,51,52)/t31-/m1/s1. The van der Waals surface area contributed by atoms with Gasteiger partial charge in [0.1, 0.15) is 37.1 Å². The number of nitrogens with zero attached hydrogens (tertiary/aromatic N) is 5. The lowest BCUT2D eigenvalue weighted by molar-refractivity contribution is -0.254. The number of nitrogens with one attached hydrogen (secondary N) is 3. The van der Waals surface area contributed by atoms with Gasteiger partial charge in [0, 0.05) is 84.1 Å². The molecule has 1 heterocycles. The van der Waals surface area contributed by atoms with Gasteiger partial charge in [-0.05, 0) is 87.9 Å². The Morgan fingerprint density at radius 1 is 0.963 bits per heavy atom. The number of aromatic carboxylic acids is 1. The second-order valence-corrected chi connectivity index (χ2v) is 14.2. The largest absolute Gasteiger partial charge is 0.545 e. The highest BCUT2D eigenvalue weighted by Crippen LogP contribution is 2.42. The van der Waals surface area contributed by atoms with Crippen LogP contribution in [0, 0.1) is 0 Å². The van der Waals surface area contributed by atoms with E-state index in [1.165, 1.54) is 12.1 Å². The van der Waals surface area contributed by atoms with Crippen LogP contribution in [0.5, 0.6) is 0 Å². The number of carboxylic acids is 1. The Morgan fingerprint density at radius 3 is 2.35 bits per heavy atom. The van der Waals surface area contributed by atoms with E-state index >= 15 is 0 Å². The van der Waals surface area contributed by atoms with Crippen molar-refractivity contribution in [3.05, 3.63) is 81.5 Å². The number of ether oxygens (including phenoxy) is 1. The summed E-state index contributed by atoms with van der Waals surface area (Å²) < 4.78 is 13.6. The summed E-state index contributed by atoms with van der Waals surface area (Å²) in [6, 6.07) is 14.7. The summed E-state index contributed by atoms with van der Waals surface area (Å²) in [4.78, 5) is 56.3. The van der Waals surface area contributed by atoms with Crippen LogP contribution < -0.4 is 35.9 Å². The van der Waals surface area contributed by atoms with E-state index in [9.17, 15) is 24.3 Å². The van der Waals surface area contributed by atoms with Crippen molar-refractivity contribution in [3.8, 4) is 22.5 Å². The third-order valence-corrected chi connectivity index (χ3v) is 8.50. The van der Waals surface area contributed by atoms with Crippen molar-refractivity contribution in [2.45, 2.75) is 58.1 Å². The number of amides is 3. The molecule has 2 aromatic rings. The first-order chi connectivity index (χ1) is 25.6. The molecule has 0 saturated heterocycles. The lowest BCUT2D eigenvalue weighted by Crippen LogP contribution is -2.47. The van der Waals surface area contributed by atoms with Crippen LogP contribution in [-0.4, -0.2) is 83.3 Å². The van der Waals surface area contributed by atoms with Crippen LogP contribution >= 0.6 is 0 Å². The molecule has 0 fully saturated rings. The molecule has 0 aromatic heterocycles. The fourth-order valence-corrected chi connectivity index (χ4v) is 5.80. The van der Waals surface area contributed by atoms with Crippen LogP contribution in [0.3, 0.4) is 0 Å². The van der Waals surface area contributed by atoms with Gasteiger partial charge in [-0.25, -0.2) is 9.37 Å². The number of hydrogen-bond acceptors (Lipinski definition) is 9. The van der Waals surface area contributed by atoms with E-state index in [-0.39, 0.29) is 30.6 Å². The average molecular weight is 741 g/mol. The van der Waals surface area contributed by atoms with E-state index in [0.29, 0.717) is 59.2 Å². The van der Waals surface area contributed by atoms with E-state index < -0.39 is 35.5 Å². The maximum absolute atomic E-state index is 13.7. The van der Waals surface area contributed by atoms with E-state index in [0.717, 1.165) is 11.0 Å². The Bertz CT molecular complexity index is 2110. The van der Waals surface area contributed by atoms with Crippen molar-refractivity contribution in [2.75, 3.05) is 52.7 Å². The Kier molecular flexibility index (Phi) is 13.6. The second kappa shape index (κ2) is 18.1. The third kappa shape index (κ3) is 10.7. The number of azide groups is 1. The molecule has 4 rings (SSSR count). The van der Waals surface area contributed by atoms with Crippen LogP contribution in [0.1, 0.15) is 67.2 Å². The van der Waals surface area contributed by atoms with Crippen LogP contribution in [0.4, 0.5) is 10.5 Å². The first-order valence-electron chi connectivity index (χ1n) is 17.7. The summed E-state index contributed by atoms with van der Waals surface area (Å²) in [5, 5.41) is 26.0. The van der Waals surface area contributed by atoms with Crippen LogP contribution in [0.25, 0.3) is 43.9 Å². The average Bonchev–Trinajstić information content (AvgIpc) is 3.11. The molecule has 15 heteroatoms. The number of unbranched alkanes of at least 4 members (excludes halogenated alkanes) is 1. The molecule has 0 radical (unpaired) electrons. The molecular weight excluding hydrogens is 692 g/mol. The van der Waals surface area contributed by atoms with E-state index in [1.54, 1.807) is 26.8 Å². The molecular formula is C39H48N8O7. The quantitative estimate of drug-likeness (QED) is 0.0400. The number of fused-ring (bicyclic) bond motifs is 2. The minimum atomic E-state index is -1.48. The molecule has 15 nitrogen and oxygen atoms in total. The Balaban J connectivity index is 1.66. The highest BCUT2D eigenvalue weighted by atomic mass is 16.6. The molecule has 54 heavy (non-hydrogen) atoms. The molecule has 3 N–H and O–H groups in total. The fourth-order valence-electron chi connectivity index (χ4n) is 5.80. The van der Waals surface area contributed by atoms with Gasteiger partial charge in [-0.2, -0.15) is 0 Å². The molecule has 1 aliphatic carbocycles. The molecule has 0 spiro atoms. The van der Waals surface area contributed by atoms with E-state index in [1.807, 2.05) is 74.1 Å². The summed E-state index contributed by atoms with van der Waals surface area (Å²) in [5.41, 5.74) is 10.7. The summed E-state index contributed by atoms with van der Waals surface area (Å²) in [5.74, 6) is -2.06. The maximum atomic E-state index is 13.7. The summed E-state index contributed by atoms with van der Waals surface area (Å²) in [6.45, 7) is 5.98. The van der Waals surface area contributed by atoms with Crippen molar-refractivity contribution in [3.63, 3.8) is 0 Å². The lowest BCUT2D eigenvalue weighted by atomic mass is 9.89. The molecule has 0 bridgehead atoms. The van der Waals surface area contributed by atoms with Crippen LogP contribution in [0.2, 0.25) is 0 Å². The molecule has 3 amide bonds. The van der Waals surface area contributed by atoms with Crippen molar-refractivity contribution >= 4 is 40.5 Å². The van der Waals surface area contributed by atoms with Crippen molar-refractivity contribution < 1.29 is 33.4 Å². The number of hydrogen-bond donors (Lipinski definition) is 3. The number of carbonyl (C=O) groups excluding carboxylic acids is 4. The predicted octanol–water partition coefficient (Wildman–Crippen LogP) is 4.28. The zero-order valence-corrected chi connectivity index (χ0v) is 31.8. The van der Waals surface area contributed by atoms with Gasteiger partial charge >= 0.3 is 6.09 Å². The molecule has 2 aliphatic rings. The molecule has 2 aromatic carbocycles. The highest BCUT2D eigenvalue weighted by molar-refractivity contribution is 6.09. The molecule has 0 unspecified atom stereocenters. The normalized spacial score (nSPS) is 11.7. The van der Waals surface area contributed by atoms with E-state index in [4.69, 9.17) is 14.7 Å². The Labute approximate surface area is 314 Å². The Morgan fingerprint density at radius 2 is 1.69 bits per heavy atom. The minimum absolute atomic E-state index is 0.0183. The second-order valence-electron chi connectivity index (χ2n) is 14.2. The molecule has 1 atom stereocenters. The molecule has 286 valence electrons. The molecule has 0 saturated carbocycles. The first kappa shape index (κ1) is 40.7. The Hall–Kier alpha value is -6.08. The monoisotopic (exact) mass is 740 g/mol. The summed E-state index contributed by atoms with van der Waals surface area (Å²) in [7, 11) is 7.65. The molecule has 1 aliphatic heterocycles. The number of carboxylic acid groups (broad SMARTS) is 1. The van der Waals surface area contributed by atoms with Gasteiger partial charge in [0.2, 0.25) is 11.3 Å². The summed E-state index contributed by atoms with van der Waals surface area (Å²) in [6.07, 6.45) is 1.03. The number of rotatable bonds is 15. The van der Waals surface area contributed by atoms with Gasteiger partial charge in [-0.3, -0.25) is 9.59 Å². The topological polar surface area (TPSA) is 205 Å². The fraction of sp³-hybridized carbons (Fsp3) is 0.410.